The van der Waals surface area contributed by atoms with Gasteiger partial charge < -0.3 is 10.1 Å². The van der Waals surface area contributed by atoms with Gasteiger partial charge in [-0.05, 0) is 11.7 Å². The number of ether oxygens (including phenoxy) is 1. The van der Waals surface area contributed by atoms with Crippen molar-refractivity contribution >= 4 is 17.9 Å². The predicted molar refractivity (Wildman–Crippen MR) is 45.8 cm³/mol. The van der Waals surface area contributed by atoms with E-state index in [0.717, 1.165) is 11.5 Å². The Hall–Kier alpha value is -0.380. The van der Waals surface area contributed by atoms with Gasteiger partial charge in [0.2, 0.25) is 0 Å². The lowest BCUT2D eigenvalue weighted by atomic mass is 10.1. The molecule has 0 saturated carbocycles. The molecule has 0 aromatic carbocycles. The molecule has 4 heteroatoms. The fourth-order valence-electron chi connectivity index (χ4n) is 1.06. The number of hydrogen-bond acceptors (Lipinski definition) is 3. The molecule has 0 aromatic heterocycles. The molecule has 2 unspecified atom stereocenters. The fourth-order valence-corrected chi connectivity index (χ4v) is 2.46. The average Bonchev–Trinajstić information content (AvgIpc) is 2.37. The van der Waals surface area contributed by atoms with Crippen LogP contribution in [-0.2, 0) is 4.74 Å². The van der Waals surface area contributed by atoms with E-state index in [1.165, 1.54) is 7.11 Å². The molecule has 1 fully saturated rings. The van der Waals surface area contributed by atoms with Gasteiger partial charge in [-0.25, -0.2) is 4.79 Å². The quantitative estimate of drug-likeness (QED) is 0.648. The fraction of sp³-hybridized carbons (Fsp3) is 0.857. The molecule has 1 saturated heterocycles. The molecule has 0 spiro atoms. The van der Waals surface area contributed by atoms with Crippen molar-refractivity contribution in [2.75, 3.05) is 18.6 Å². The molecule has 1 aliphatic heterocycles. The Bertz CT molecular complexity index is 151. The number of nitrogens with one attached hydrogen (secondary N) is 1. The second-order valence-corrected chi connectivity index (χ2v) is 3.83. The molecule has 0 aliphatic carbocycles. The Morgan fingerprint density at radius 2 is 2.36 bits per heavy atom. The van der Waals surface area contributed by atoms with Crippen LogP contribution < -0.4 is 5.32 Å². The molecule has 11 heavy (non-hydrogen) atoms. The molecule has 1 N–H and O–H groups in total. The Morgan fingerprint density at radius 3 is 2.82 bits per heavy atom. The summed E-state index contributed by atoms with van der Waals surface area (Å²) >= 11 is 1.87. The van der Waals surface area contributed by atoms with Crippen LogP contribution in [0.4, 0.5) is 4.79 Å². The summed E-state index contributed by atoms with van der Waals surface area (Å²) in [7, 11) is 1.39. The summed E-state index contributed by atoms with van der Waals surface area (Å²) in [5, 5.41) is 2.80. The lowest BCUT2D eigenvalue weighted by Crippen LogP contribution is -2.38. The number of thioether (sulfide) groups is 1. The van der Waals surface area contributed by atoms with E-state index in [0.29, 0.717) is 12.0 Å². The van der Waals surface area contributed by atoms with E-state index in [4.69, 9.17) is 0 Å². The van der Waals surface area contributed by atoms with Crippen LogP contribution in [0.3, 0.4) is 0 Å². The maximum Gasteiger partial charge on any atom is 0.407 e. The molecule has 0 aromatic rings. The van der Waals surface area contributed by atoms with Crippen LogP contribution in [0.2, 0.25) is 0 Å². The van der Waals surface area contributed by atoms with Crippen molar-refractivity contribution in [1.82, 2.24) is 5.32 Å². The maximum atomic E-state index is 10.8. The zero-order valence-electron chi connectivity index (χ0n) is 6.79. The topological polar surface area (TPSA) is 38.3 Å². The standard InChI is InChI=1S/C7H13NO2S/c1-5-3-11-4-6(5)8-7(9)10-2/h5-6H,3-4H2,1-2H3,(H,8,9). The zero-order valence-corrected chi connectivity index (χ0v) is 7.61. The van der Waals surface area contributed by atoms with Crippen LogP contribution >= 0.6 is 11.8 Å². The highest BCUT2D eigenvalue weighted by molar-refractivity contribution is 7.99. The lowest BCUT2D eigenvalue weighted by molar-refractivity contribution is 0.165. The third kappa shape index (κ3) is 2.29. The maximum absolute atomic E-state index is 10.8. The molecule has 1 heterocycles. The zero-order chi connectivity index (χ0) is 8.27. The van der Waals surface area contributed by atoms with Gasteiger partial charge in [0.25, 0.3) is 0 Å². The molecule has 1 aliphatic rings. The Balaban J connectivity index is 2.30. The lowest BCUT2D eigenvalue weighted by Gasteiger charge is -2.14. The van der Waals surface area contributed by atoms with Crippen molar-refractivity contribution < 1.29 is 9.53 Å². The Morgan fingerprint density at radius 1 is 1.64 bits per heavy atom. The van der Waals surface area contributed by atoms with Crippen LogP contribution in [0.15, 0.2) is 0 Å². The molecule has 3 nitrogen and oxygen atoms in total. The largest absolute Gasteiger partial charge is 0.453 e. The summed E-state index contributed by atoms with van der Waals surface area (Å²) in [6, 6.07) is 0.299. The first kappa shape index (κ1) is 8.71. The van der Waals surface area contributed by atoms with Gasteiger partial charge in [-0.15, -0.1) is 0 Å². The minimum absolute atomic E-state index is 0.299. The van der Waals surface area contributed by atoms with E-state index in [2.05, 4.69) is 17.0 Å². The van der Waals surface area contributed by atoms with Gasteiger partial charge in [0.15, 0.2) is 0 Å². The van der Waals surface area contributed by atoms with Crippen molar-refractivity contribution in [3.05, 3.63) is 0 Å². The van der Waals surface area contributed by atoms with Gasteiger partial charge in [-0.2, -0.15) is 11.8 Å². The number of carbonyl (C=O) groups is 1. The SMILES string of the molecule is COC(=O)NC1CSCC1C. The summed E-state index contributed by atoms with van der Waals surface area (Å²) < 4.78 is 4.50. The monoisotopic (exact) mass is 175 g/mol. The molecule has 2 atom stereocenters. The first-order valence-electron chi connectivity index (χ1n) is 3.66. The summed E-state index contributed by atoms with van der Waals surface area (Å²) in [5.41, 5.74) is 0. The molecule has 1 rings (SSSR count). The number of carbonyl (C=O) groups excluding carboxylic acids is 1. The summed E-state index contributed by atoms with van der Waals surface area (Å²) in [6.45, 7) is 2.14. The first-order chi connectivity index (χ1) is 5.24. The summed E-state index contributed by atoms with van der Waals surface area (Å²) in [6.07, 6.45) is -0.315. The van der Waals surface area contributed by atoms with Gasteiger partial charge in [0, 0.05) is 11.8 Å². The second-order valence-electron chi connectivity index (χ2n) is 2.76. The minimum Gasteiger partial charge on any atom is -0.453 e. The van der Waals surface area contributed by atoms with E-state index >= 15 is 0 Å². The van der Waals surface area contributed by atoms with Gasteiger partial charge in [0.05, 0.1) is 7.11 Å². The molecule has 0 bridgehead atoms. The Labute approximate surface area is 70.9 Å². The molecule has 64 valence electrons. The number of amides is 1. The van der Waals surface area contributed by atoms with Gasteiger partial charge in [-0.3, -0.25) is 0 Å². The Kier molecular flexibility index (Phi) is 3.05. The van der Waals surface area contributed by atoms with Crippen LogP contribution in [0, 0.1) is 5.92 Å². The average molecular weight is 175 g/mol. The molecular formula is C7H13NO2S. The van der Waals surface area contributed by atoms with Crippen molar-refractivity contribution in [3.8, 4) is 0 Å². The molecular weight excluding hydrogens is 162 g/mol. The van der Waals surface area contributed by atoms with Crippen molar-refractivity contribution in [3.63, 3.8) is 0 Å². The molecule has 1 amide bonds. The highest BCUT2D eigenvalue weighted by atomic mass is 32.2. The predicted octanol–water partition coefficient (Wildman–Crippen LogP) is 1.09. The number of alkyl carbamates (subject to hydrolysis) is 1. The number of methoxy groups -OCH3 is 1. The third-order valence-electron chi connectivity index (χ3n) is 1.85. The highest BCUT2D eigenvalue weighted by Gasteiger charge is 2.25. The van der Waals surface area contributed by atoms with Crippen LogP contribution in [0.25, 0.3) is 0 Å². The summed E-state index contributed by atoms with van der Waals surface area (Å²) in [5.74, 6) is 2.71. The first-order valence-corrected chi connectivity index (χ1v) is 4.81. The van der Waals surface area contributed by atoms with Crippen molar-refractivity contribution in [1.29, 1.82) is 0 Å². The third-order valence-corrected chi connectivity index (χ3v) is 3.21. The minimum atomic E-state index is -0.315. The van der Waals surface area contributed by atoms with Crippen LogP contribution in [0.1, 0.15) is 6.92 Å². The van der Waals surface area contributed by atoms with E-state index < -0.39 is 0 Å². The van der Waals surface area contributed by atoms with Crippen LogP contribution in [0.5, 0.6) is 0 Å². The normalized spacial score (nSPS) is 30.0. The smallest absolute Gasteiger partial charge is 0.407 e. The van der Waals surface area contributed by atoms with E-state index in [-0.39, 0.29) is 6.09 Å². The highest BCUT2D eigenvalue weighted by Crippen LogP contribution is 2.23. The van der Waals surface area contributed by atoms with E-state index in [1.54, 1.807) is 0 Å². The number of rotatable bonds is 1. The van der Waals surface area contributed by atoms with Crippen molar-refractivity contribution in [2.24, 2.45) is 5.92 Å². The second kappa shape index (κ2) is 3.85. The molecule has 0 radical (unpaired) electrons. The van der Waals surface area contributed by atoms with Crippen molar-refractivity contribution in [2.45, 2.75) is 13.0 Å². The van der Waals surface area contributed by atoms with Gasteiger partial charge >= 0.3 is 6.09 Å². The summed E-state index contributed by atoms with van der Waals surface area (Å²) in [4.78, 5) is 10.8. The van der Waals surface area contributed by atoms with Gasteiger partial charge in [-0.1, -0.05) is 6.92 Å². The van der Waals surface area contributed by atoms with Gasteiger partial charge in [0.1, 0.15) is 0 Å². The number of hydrogen-bond donors (Lipinski definition) is 1. The van der Waals surface area contributed by atoms with E-state index in [9.17, 15) is 4.79 Å². The van der Waals surface area contributed by atoms with Crippen LogP contribution in [-0.4, -0.2) is 30.8 Å². The van der Waals surface area contributed by atoms with E-state index in [1.807, 2.05) is 11.8 Å².